The average Bonchev–Trinajstić information content (AvgIpc) is 2.42. The molecular weight excluding hydrogens is 288 g/mol. The van der Waals surface area contributed by atoms with Crippen molar-refractivity contribution >= 4 is 0 Å². The fourth-order valence-corrected chi connectivity index (χ4v) is 2.01. The summed E-state index contributed by atoms with van der Waals surface area (Å²) in [5.74, 6) is -0.691. The molecule has 2 aromatic rings. The van der Waals surface area contributed by atoms with Crippen molar-refractivity contribution in [1.29, 1.82) is 0 Å². The normalized spacial score (nSPS) is 11.7. The van der Waals surface area contributed by atoms with E-state index in [1.54, 1.807) is 0 Å². The molecule has 3 nitrogen and oxygen atoms in total. The van der Waals surface area contributed by atoms with E-state index in [1.165, 1.54) is 18.2 Å². The average molecular weight is 300 g/mol. The van der Waals surface area contributed by atoms with E-state index in [4.69, 9.17) is 5.73 Å². The summed E-state index contributed by atoms with van der Waals surface area (Å²) in [4.78, 5) is 11.7. The summed E-state index contributed by atoms with van der Waals surface area (Å²) in [6, 6.07) is 7.06. The molecule has 1 aromatic heterocycles. The van der Waals surface area contributed by atoms with Crippen molar-refractivity contribution in [3.05, 3.63) is 69.4 Å². The first-order valence-corrected chi connectivity index (χ1v) is 6.08. The lowest BCUT2D eigenvalue weighted by Crippen LogP contribution is -2.28. The van der Waals surface area contributed by atoms with Crippen LogP contribution in [0, 0.1) is 5.82 Å². The maximum absolute atomic E-state index is 14.0. The first-order chi connectivity index (χ1) is 9.84. The zero-order valence-electron chi connectivity index (χ0n) is 10.8. The van der Waals surface area contributed by atoms with E-state index in [1.807, 2.05) is 0 Å². The van der Waals surface area contributed by atoms with Crippen LogP contribution in [-0.2, 0) is 19.3 Å². The summed E-state index contributed by atoms with van der Waals surface area (Å²) in [5, 5.41) is 0. The summed E-state index contributed by atoms with van der Waals surface area (Å²) >= 11 is 0. The van der Waals surface area contributed by atoms with Crippen LogP contribution in [0.4, 0.5) is 17.6 Å². The molecule has 0 unspecified atom stereocenters. The number of hydrogen-bond donors (Lipinski definition) is 1. The maximum Gasteiger partial charge on any atom is 0.431 e. The fraction of sp³-hybridized carbons (Fsp3) is 0.214. The van der Waals surface area contributed by atoms with Gasteiger partial charge in [-0.3, -0.25) is 9.36 Å². The van der Waals surface area contributed by atoms with Crippen LogP contribution in [0.2, 0.25) is 0 Å². The summed E-state index contributed by atoms with van der Waals surface area (Å²) in [7, 11) is 0. The Bertz CT molecular complexity index is 707. The topological polar surface area (TPSA) is 48.0 Å². The Morgan fingerprint density at radius 1 is 1.05 bits per heavy atom. The van der Waals surface area contributed by atoms with Crippen LogP contribution in [0.1, 0.15) is 16.8 Å². The van der Waals surface area contributed by atoms with Gasteiger partial charge in [0.05, 0.1) is 6.54 Å². The molecule has 0 aliphatic carbocycles. The molecule has 0 bridgehead atoms. The summed E-state index contributed by atoms with van der Waals surface area (Å²) in [5.41, 5.74) is 3.56. The Hall–Kier alpha value is -2.15. The molecule has 7 heteroatoms. The Balaban J connectivity index is 2.53. The first kappa shape index (κ1) is 15.2. The van der Waals surface area contributed by atoms with Gasteiger partial charge in [0.15, 0.2) is 0 Å². The van der Waals surface area contributed by atoms with Crippen LogP contribution in [-0.4, -0.2) is 4.57 Å². The van der Waals surface area contributed by atoms with Gasteiger partial charge in [-0.2, -0.15) is 13.2 Å². The van der Waals surface area contributed by atoms with Crippen molar-refractivity contribution in [2.45, 2.75) is 19.3 Å². The Morgan fingerprint density at radius 2 is 1.67 bits per heavy atom. The second kappa shape index (κ2) is 5.69. The van der Waals surface area contributed by atoms with Crippen LogP contribution in [0.25, 0.3) is 0 Å². The molecule has 0 saturated carbocycles. The van der Waals surface area contributed by atoms with E-state index >= 15 is 0 Å². The van der Waals surface area contributed by atoms with Gasteiger partial charge in [-0.25, -0.2) is 4.39 Å². The van der Waals surface area contributed by atoms with Crippen LogP contribution in [0.15, 0.2) is 41.2 Å². The number of rotatable bonds is 3. The number of aromatic nitrogens is 1. The highest BCUT2D eigenvalue weighted by molar-refractivity contribution is 5.27. The van der Waals surface area contributed by atoms with Crippen molar-refractivity contribution in [2.75, 3.05) is 0 Å². The second-order valence-corrected chi connectivity index (χ2v) is 4.43. The number of nitrogens with zero attached hydrogens (tertiary/aromatic N) is 1. The Labute approximate surface area is 117 Å². The molecule has 0 spiro atoms. The van der Waals surface area contributed by atoms with Crippen LogP contribution in [0.3, 0.4) is 0 Å². The van der Waals surface area contributed by atoms with Crippen LogP contribution >= 0.6 is 0 Å². The van der Waals surface area contributed by atoms with Gasteiger partial charge in [0.1, 0.15) is 11.5 Å². The smallest absolute Gasteiger partial charge is 0.326 e. The first-order valence-electron chi connectivity index (χ1n) is 6.08. The van der Waals surface area contributed by atoms with E-state index in [9.17, 15) is 22.4 Å². The molecule has 0 aliphatic heterocycles. The molecule has 21 heavy (non-hydrogen) atoms. The molecular formula is C14H12F4N2O. The molecule has 0 amide bonds. The van der Waals surface area contributed by atoms with Crippen molar-refractivity contribution in [2.24, 2.45) is 5.73 Å². The molecule has 0 atom stereocenters. The van der Waals surface area contributed by atoms with Crippen molar-refractivity contribution in [3.8, 4) is 0 Å². The third-order valence-corrected chi connectivity index (χ3v) is 3.05. The lowest BCUT2D eigenvalue weighted by atomic mass is 10.1. The third-order valence-electron chi connectivity index (χ3n) is 3.05. The van der Waals surface area contributed by atoms with E-state index in [0.29, 0.717) is 4.57 Å². The number of pyridine rings is 1. The van der Waals surface area contributed by atoms with Crippen molar-refractivity contribution in [1.82, 2.24) is 4.57 Å². The Kier molecular flexibility index (Phi) is 4.13. The van der Waals surface area contributed by atoms with E-state index in [0.717, 1.165) is 18.2 Å². The molecule has 2 N–H and O–H groups in total. The van der Waals surface area contributed by atoms with Gasteiger partial charge in [0.25, 0.3) is 5.56 Å². The van der Waals surface area contributed by atoms with Gasteiger partial charge in [0, 0.05) is 23.7 Å². The maximum atomic E-state index is 14.0. The highest BCUT2D eigenvalue weighted by Gasteiger charge is 2.34. The number of halogens is 4. The molecule has 0 saturated heterocycles. The summed E-state index contributed by atoms with van der Waals surface area (Å²) in [6.07, 6.45) is -4.69. The lowest BCUT2D eigenvalue weighted by molar-refractivity contribution is -0.144. The molecule has 0 radical (unpaired) electrons. The number of alkyl halides is 3. The van der Waals surface area contributed by atoms with Crippen molar-refractivity contribution in [3.63, 3.8) is 0 Å². The second-order valence-electron chi connectivity index (χ2n) is 4.43. The van der Waals surface area contributed by atoms with E-state index in [-0.39, 0.29) is 17.7 Å². The monoisotopic (exact) mass is 300 g/mol. The standard InChI is InChI=1S/C14H12F4N2O/c15-13-9(7-19)3-1-4-10(13)8-20-11(14(16,17)18)5-2-6-12(20)21/h1-6H,7-8,19H2. The van der Waals surface area contributed by atoms with Gasteiger partial charge < -0.3 is 5.73 Å². The summed E-state index contributed by atoms with van der Waals surface area (Å²) in [6.45, 7) is -0.580. The highest BCUT2D eigenvalue weighted by atomic mass is 19.4. The van der Waals surface area contributed by atoms with Crippen LogP contribution in [0.5, 0.6) is 0 Å². The molecule has 1 aromatic carbocycles. The molecule has 2 rings (SSSR count). The van der Waals surface area contributed by atoms with E-state index < -0.39 is 29.8 Å². The zero-order chi connectivity index (χ0) is 15.6. The molecule has 0 fully saturated rings. The summed E-state index contributed by atoms with van der Waals surface area (Å²) < 4.78 is 53.3. The largest absolute Gasteiger partial charge is 0.431 e. The fourth-order valence-electron chi connectivity index (χ4n) is 2.01. The minimum Gasteiger partial charge on any atom is -0.326 e. The quantitative estimate of drug-likeness (QED) is 0.885. The predicted octanol–water partition coefficient (Wildman–Crippen LogP) is 2.51. The molecule has 1 heterocycles. The van der Waals surface area contributed by atoms with Crippen LogP contribution < -0.4 is 11.3 Å². The Morgan fingerprint density at radius 3 is 2.29 bits per heavy atom. The number of benzene rings is 1. The molecule has 0 aliphatic rings. The third kappa shape index (κ3) is 3.13. The van der Waals surface area contributed by atoms with Gasteiger partial charge in [-0.1, -0.05) is 24.3 Å². The number of hydrogen-bond acceptors (Lipinski definition) is 2. The van der Waals surface area contributed by atoms with Gasteiger partial charge >= 0.3 is 6.18 Å². The minimum atomic E-state index is -4.69. The van der Waals surface area contributed by atoms with Gasteiger partial charge in [-0.15, -0.1) is 0 Å². The highest BCUT2D eigenvalue weighted by Crippen LogP contribution is 2.28. The minimum absolute atomic E-state index is 0.0169. The lowest BCUT2D eigenvalue weighted by Gasteiger charge is -2.16. The number of nitrogens with two attached hydrogens (primary N) is 1. The predicted molar refractivity (Wildman–Crippen MR) is 69.1 cm³/mol. The SMILES string of the molecule is NCc1cccc(Cn2c(C(F)(F)F)cccc2=O)c1F. The van der Waals surface area contributed by atoms with Gasteiger partial charge in [0.2, 0.25) is 0 Å². The van der Waals surface area contributed by atoms with E-state index in [2.05, 4.69) is 0 Å². The molecule has 112 valence electrons. The zero-order valence-corrected chi connectivity index (χ0v) is 10.8. The van der Waals surface area contributed by atoms with Crippen molar-refractivity contribution < 1.29 is 17.6 Å². The van der Waals surface area contributed by atoms with Gasteiger partial charge in [-0.05, 0) is 6.07 Å².